The molecule has 2 rings (SSSR count). The third-order valence-corrected chi connectivity index (χ3v) is 3.92. The molecule has 0 aliphatic carbocycles. The minimum Gasteiger partial charge on any atom is -0.468 e. The molecule has 0 unspecified atom stereocenters. The van der Waals surface area contributed by atoms with Crippen LogP contribution in [0.5, 0.6) is 0 Å². The molecule has 0 aliphatic heterocycles. The van der Waals surface area contributed by atoms with Crippen molar-refractivity contribution in [1.29, 1.82) is 0 Å². The van der Waals surface area contributed by atoms with E-state index in [4.69, 9.17) is 9.52 Å². The number of hydrogen-bond acceptors (Lipinski definition) is 4. The molecule has 0 fully saturated rings. The van der Waals surface area contributed by atoms with Gasteiger partial charge in [0.15, 0.2) is 0 Å². The Labute approximate surface area is 109 Å². The summed E-state index contributed by atoms with van der Waals surface area (Å²) in [5.41, 5.74) is 0.308. The van der Waals surface area contributed by atoms with E-state index in [0.717, 1.165) is 12.1 Å². The van der Waals surface area contributed by atoms with Crippen LogP contribution in [-0.4, -0.2) is 13.5 Å². The van der Waals surface area contributed by atoms with Gasteiger partial charge in [-0.05, 0) is 29.8 Å². The molecule has 0 radical (unpaired) electrons. The zero-order chi connectivity index (χ0) is 13.9. The van der Waals surface area contributed by atoms with Crippen LogP contribution in [0.15, 0.2) is 45.9 Å². The molecule has 102 valence electrons. The predicted octanol–water partition coefficient (Wildman–Crippen LogP) is 1.39. The van der Waals surface area contributed by atoms with E-state index in [9.17, 15) is 12.8 Å². The average molecular weight is 285 g/mol. The number of rotatable bonds is 5. The van der Waals surface area contributed by atoms with E-state index in [1.54, 1.807) is 12.1 Å². The summed E-state index contributed by atoms with van der Waals surface area (Å²) in [4.78, 5) is -0.462. The summed E-state index contributed by atoms with van der Waals surface area (Å²) < 4.78 is 44.6. The van der Waals surface area contributed by atoms with Crippen molar-refractivity contribution in [3.8, 4) is 0 Å². The van der Waals surface area contributed by atoms with Gasteiger partial charge in [-0.15, -0.1) is 0 Å². The van der Waals surface area contributed by atoms with Gasteiger partial charge in [0.2, 0.25) is 10.0 Å². The van der Waals surface area contributed by atoms with E-state index >= 15 is 0 Å². The van der Waals surface area contributed by atoms with E-state index in [0.29, 0.717) is 11.3 Å². The Kier molecular flexibility index (Phi) is 3.98. The van der Waals surface area contributed by atoms with E-state index in [-0.39, 0.29) is 13.2 Å². The quantitative estimate of drug-likeness (QED) is 0.870. The van der Waals surface area contributed by atoms with Crippen LogP contribution in [0.4, 0.5) is 4.39 Å². The lowest BCUT2D eigenvalue weighted by atomic mass is 10.2. The summed E-state index contributed by atoms with van der Waals surface area (Å²) in [6.45, 7) is -0.409. The Bertz CT molecular complexity index is 652. The van der Waals surface area contributed by atoms with Crippen LogP contribution in [0.25, 0.3) is 0 Å². The van der Waals surface area contributed by atoms with Gasteiger partial charge in [0.1, 0.15) is 16.5 Å². The van der Waals surface area contributed by atoms with Gasteiger partial charge in [-0.1, -0.05) is 6.07 Å². The third kappa shape index (κ3) is 3.19. The maximum Gasteiger partial charge on any atom is 0.243 e. The molecule has 7 heteroatoms. The van der Waals surface area contributed by atoms with E-state index in [1.807, 2.05) is 0 Å². The number of furan rings is 1. The Hall–Kier alpha value is -1.70. The first-order chi connectivity index (χ1) is 9.03. The highest BCUT2D eigenvalue weighted by Crippen LogP contribution is 2.16. The summed E-state index contributed by atoms with van der Waals surface area (Å²) in [6.07, 6.45) is 1.42. The molecule has 5 nitrogen and oxygen atoms in total. The first-order valence-electron chi connectivity index (χ1n) is 5.44. The highest BCUT2D eigenvalue weighted by Gasteiger charge is 2.19. The first-order valence-corrected chi connectivity index (χ1v) is 6.92. The number of hydrogen-bond donors (Lipinski definition) is 2. The van der Waals surface area contributed by atoms with Crippen LogP contribution in [-0.2, 0) is 23.2 Å². The standard InChI is InChI=1S/C12H12FNO4S/c13-11-6-9(8-15)3-4-12(11)19(16,17)14-7-10-2-1-5-18-10/h1-6,14-15H,7-8H2. The average Bonchev–Trinajstić information content (AvgIpc) is 2.89. The molecule has 0 saturated heterocycles. The van der Waals surface area contributed by atoms with E-state index in [2.05, 4.69) is 4.72 Å². The van der Waals surface area contributed by atoms with Crippen molar-refractivity contribution < 1.29 is 22.3 Å². The summed E-state index contributed by atoms with van der Waals surface area (Å²) in [7, 11) is -3.96. The van der Waals surface area contributed by atoms with Gasteiger partial charge < -0.3 is 9.52 Å². The molecule has 19 heavy (non-hydrogen) atoms. The van der Waals surface area contributed by atoms with Crippen molar-refractivity contribution >= 4 is 10.0 Å². The Morgan fingerprint density at radius 3 is 2.68 bits per heavy atom. The van der Waals surface area contributed by atoms with Crippen molar-refractivity contribution in [2.75, 3.05) is 0 Å². The first kappa shape index (κ1) is 13.7. The molecule has 0 spiro atoms. The lowest BCUT2D eigenvalue weighted by Crippen LogP contribution is -2.24. The van der Waals surface area contributed by atoms with Crippen LogP contribution in [0.2, 0.25) is 0 Å². The SMILES string of the molecule is O=S(=O)(NCc1ccco1)c1ccc(CO)cc1F. The number of halogens is 1. The molecule has 2 N–H and O–H groups in total. The summed E-state index contributed by atoms with van der Waals surface area (Å²) in [5, 5.41) is 8.84. The number of aliphatic hydroxyl groups is 1. The predicted molar refractivity (Wildman–Crippen MR) is 65.1 cm³/mol. The van der Waals surface area contributed by atoms with Gasteiger partial charge in [0.25, 0.3) is 0 Å². The molecule has 1 aromatic heterocycles. The van der Waals surface area contributed by atoms with Crippen molar-refractivity contribution in [3.05, 3.63) is 53.7 Å². The van der Waals surface area contributed by atoms with Crippen LogP contribution < -0.4 is 4.72 Å². The molecule has 0 atom stereocenters. The fourth-order valence-corrected chi connectivity index (χ4v) is 2.57. The smallest absolute Gasteiger partial charge is 0.243 e. The second-order valence-corrected chi connectivity index (χ2v) is 5.56. The molecule has 0 bridgehead atoms. The summed E-state index contributed by atoms with van der Waals surface area (Å²) in [5.74, 6) is -0.477. The molecule has 1 aromatic carbocycles. The van der Waals surface area contributed by atoms with Gasteiger partial charge >= 0.3 is 0 Å². The fourth-order valence-electron chi connectivity index (χ4n) is 1.52. The van der Waals surface area contributed by atoms with Gasteiger partial charge in [0.05, 0.1) is 19.4 Å². The highest BCUT2D eigenvalue weighted by atomic mass is 32.2. The highest BCUT2D eigenvalue weighted by molar-refractivity contribution is 7.89. The maximum atomic E-state index is 13.6. The van der Waals surface area contributed by atoms with Crippen LogP contribution in [0, 0.1) is 5.82 Å². The van der Waals surface area contributed by atoms with Gasteiger partial charge in [0, 0.05) is 0 Å². The molecule has 0 amide bonds. The molecular formula is C12H12FNO4S. The zero-order valence-electron chi connectivity index (χ0n) is 9.84. The van der Waals surface area contributed by atoms with Crippen LogP contribution in [0.3, 0.4) is 0 Å². The molecular weight excluding hydrogens is 273 g/mol. The van der Waals surface area contributed by atoms with Gasteiger partial charge in [-0.25, -0.2) is 17.5 Å². The molecule has 1 heterocycles. The normalized spacial score (nSPS) is 11.7. The molecule has 0 saturated carbocycles. The van der Waals surface area contributed by atoms with E-state index in [1.165, 1.54) is 12.3 Å². The minimum absolute atomic E-state index is 0.0590. The summed E-state index contributed by atoms with van der Waals surface area (Å²) >= 11 is 0. The third-order valence-electron chi connectivity index (χ3n) is 2.48. The Morgan fingerprint density at radius 2 is 2.11 bits per heavy atom. The summed E-state index contributed by atoms with van der Waals surface area (Å²) in [6, 6.07) is 6.69. The molecule has 2 aromatic rings. The molecule has 0 aliphatic rings. The lowest BCUT2D eigenvalue weighted by molar-refractivity contribution is 0.281. The van der Waals surface area contributed by atoms with E-state index < -0.39 is 20.7 Å². The number of sulfonamides is 1. The Balaban J connectivity index is 2.19. The van der Waals surface area contributed by atoms with Gasteiger partial charge in [-0.2, -0.15) is 0 Å². The monoisotopic (exact) mass is 285 g/mol. The number of nitrogens with one attached hydrogen (secondary N) is 1. The van der Waals surface area contributed by atoms with Crippen molar-refractivity contribution in [2.45, 2.75) is 18.0 Å². The second kappa shape index (κ2) is 5.52. The largest absolute Gasteiger partial charge is 0.468 e. The fraction of sp³-hybridized carbons (Fsp3) is 0.167. The van der Waals surface area contributed by atoms with Crippen LogP contribution in [0.1, 0.15) is 11.3 Å². The van der Waals surface area contributed by atoms with Crippen molar-refractivity contribution in [3.63, 3.8) is 0 Å². The van der Waals surface area contributed by atoms with Crippen molar-refractivity contribution in [1.82, 2.24) is 4.72 Å². The topological polar surface area (TPSA) is 79.5 Å². The van der Waals surface area contributed by atoms with Crippen molar-refractivity contribution in [2.24, 2.45) is 0 Å². The second-order valence-electron chi connectivity index (χ2n) is 3.83. The van der Waals surface area contributed by atoms with Gasteiger partial charge in [-0.3, -0.25) is 0 Å². The minimum atomic E-state index is -3.96. The Morgan fingerprint density at radius 1 is 1.32 bits per heavy atom. The number of benzene rings is 1. The lowest BCUT2D eigenvalue weighted by Gasteiger charge is -2.07. The number of aliphatic hydroxyl groups excluding tert-OH is 1. The maximum absolute atomic E-state index is 13.6. The van der Waals surface area contributed by atoms with Crippen LogP contribution >= 0.6 is 0 Å². The zero-order valence-corrected chi connectivity index (χ0v) is 10.7.